The predicted octanol–water partition coefficient (Wildman–Crippen LogP) is 4.18. The highest BCUT2D eigenvalue weighted by Crippen LogP contribution is 2.34. The van der Waals surface area contributed by atoms with Gasteiger partial charge in [-0.2, -0.15) is 5.10 Å². The molecule has 116 valence electrons. The molecule has 1 aromatic heterocycles. The molecule has 0 radical (unpaired) electrons. The van der Waals surface area contributed by atoms with Crippen LogP contribution in [0, 0.1) is 18.3 Å². The molecule has 1 unspecified atom stereocenters. The normalized spacial score (nSPS) is 14.8. The van der Waals surface area contributed by atoms with Crippen LogP contribution in [0.25, 0.3) is 0 Å². The molecule has 0 aliphatic heterocycles. The lowest BCUT2D eigenvalue weighted by atomic mass is 9.75. The first kappa shape index (κ1) is 17.7. The van der Waals surface area contributed by atoms with Gasteiger partial charge in [-0.3, -0.25) is 4.68 Å². The van der Waals surface area contributed by atoms with Crippen LogP contribution in [-0.2, 0) is 13.0 Å². The van der Waals surface area contributed by atoms with Gasteiger partial charge in [-0.05, 0) is 60.5 Å². The third-order valence-electron chi connectivity index (χ3n) is 4.37. The number of rotatable bonds is 8. The van der Waals surface area contributed by atoms with Crippen LogP contribution in [-0.4, -0.2) is 22.9 Å². The maximum atomic E-state index is 4.62. The number of aryl methyl sites for hydroxylation is 2. The molecule has 1 N–H and O–H groups in total. The maximum absolute atomic E-state index is 4.62. The van der Waals surface area contributed by atoms with E-state index in [4.69, 9.17) is 0 Å². The van der Waals surface area contributed by atoms with E-state index in [0.717, 1.165) is 31.7 Å². The largest absolute Gasteiger partial charge is 0.316 e. The van der Waals surface area contributed by atoms with Crippen LogP contribution in [0.5, 0.6) is 0 Å². The number of halogens is 1. The van der Waals surface area contributed by atoms with Crippen LogP contribution in [0.1, 0.15) is 52.4 Å². The smallest absolute Gasteiger partial charge is 0.0738 e. The zero-order valence-electron chi connectivity index (χ0n) is 13.9. The van der Waals surface area contributed by atoms with Gasteiger partial charge in [0.05, 0.1) is 15.9 Å². The summed E-state index contributed by atoms with van der Waals surface area (Å²) in [5.41, 5.74) is 2.67. The van der Waals surface area contributed by atoms with E-state index in [1.54, 1.807) is 0 Å². The summed E-state index contributed by atoms with van der Waals surface area (Å²) in [4.78, 5) is 0. The van der Waals surface area contributed by atoms with Crippen molar-refractivity contribution in [2.24, 2.45) is 11.3 Å². The fourth-order valence-electron chi connectivity index (χ4n) is 2.44. The minimum Gasteiger partial charge on any atom is -0.316 e. The first-order valence-corrected chi connectivity index (χ1v) is 8.57. The van der Waals surface area contributed by atoms with Crippen molar-refractivity contribution in [1.29, 1.82) is 0 Å². The van der Waals surface area contributed by atoms with Gasteiger partial charge in [0.2, 0.25) is 0 Å². The van der Waals surface area contributed by atoms with Crippen LogP contribution in [0.2, 0.25) is 0 Å². The SMILES string of the molecule is CCCNCC(C)(Cc1c(Br)c(C)nn1CC)C(C)C. The Morgan fingerprint density at radius 1 is 1.35 bits per heavy atom. The Labute approximate surface area is 132 Å². The van der Waals surface area contributed by atoms with E-state index in [1.807, 2.05) is 0 Å². The first-order valence-electron chi connectivity index (χ1n) is 7.78. The van der Waals surface area contributed by atoms with Crippen molar-refractivity contribution in [3.8, 4) is 0 Å². The molecule has 1 atom stereocenters. The quantitative estimate of drug-likeness (QED) is 0.717. The second-order valence-electron chi connectivity index (χ2n) is 6.32. The predicted molar refractivity (Wildman–Crippen MR) is 90.1 cm³/mol. The first-order chi connectivity index (χ1) is 9.35. The fraction of sp³-hybridized carbons (Fsp3) is 0.812. The Kier molecular flexibility index (Phi) is 6.73. The van der Waals surface area contributed by atoms with Gasteiger partial charge >= 0.3 is 0 Å². The van der Waals surface area contributed by atoms with Gasteiger partial charge in [-0.1, -0.05) is 27.7 Å². The Morgan fingerprint density at radius 3 is 2.50 bits per heavy atom. The van der Waals surface area contributed by atoms with Crippen molar-refractivity contribution >= 4 is 15.9 Å². The third kappa shape index (κ3) is 4.08. The van der Waals surface area contributed by atoms with Crippen molar-refractivity contribution < 1.29 is 0 Å². The van der Waals surface area contributed by atoms with E-state index in [2.05, 4.69) is 72.6 Å². The van der Waals surface area contributed by atoms with Crippen molar-refractivity contribution in [3.05, 3.63) is 15.9 Å². The minimum absolute atomic E-state index is 0.247. The maximum Gasteiger partial charge on any atom is 0.0738 e. The molecule has 0 aromatic carbocycles. The van der Waals surface area contributed by atoms with E-state index in [1.165, 1.54) is 16.6 Å². The topological polar surface area (TPSA) is 29.9 Å². The molecule has 1 heterocycles. The van der Waals surface area contributed by atoms with E-state index >= 15 is 0 Å². The van der Waals surface area contributed by atoms with Crippen molar-refractivity contribution in [1.82, 2.24) is 15.1 Å². The summed E-state index contributed by atoms with van der Waals surface area (Å²) in [5, 5.41) is 8.21. The van der Waals surface area contributed by atoms with Gasteiger partial charge in [0.1, 0.15) is 0 Å². The van der Waals surface area contributed by atoms with Gasteiger partial charge in [-0.25, -0.2) is 0 Å². The summed E-state index contributed by atoms with van der Waals surface area (Å²) in [6.07, 6.45) is 2.24. The van der Waals surface area contributed by atoms with Gasteiger partial charge in [-0.15, -0.1) is 0 Å². The standard InChI is InChI=1S/C16H30BrN3/c1-7-9-18-11-16(6,12(3)4)10-14-15(17)13(5)19-20(14)8-2/h12,18H,7-11H2,1-6H3. The van der Waals surface area contributed by atoms with Crippen LogP contribution >= 0.6 is 15.9 Å². The lowest BCUT2D eigenvalue weighted by Gasteiger charge is -2.34. The molecule has 0 aliphatic rings. The molecule has 0 aliphatic carbocycles. The third-order valence-corrected chi connectivity index (χ3v) is 5.41. The van der Waals surface area contributed by atoms with E-state index in [0.29, 0.717) is 5.92 Å². The van der Waals surface area contributed by atoms with Crippen molar-refractivity contribution in [2.45, 2.75) is 60.9 Å². The second kappa shape index (κ2) is 7.60. The zero-order chi connectivity index (χ0) is 15.3. The van der Waals surface area contributed by atoms with Crippen molar-refractivity contribution in [3.63, 3.8) is 0 Å². The minimum atomic E-state index is 0.247. The average Bonchev–Trinajstić information content (AvgIpc) is 2.66. The average molecular weight is 344 g/mol. The summed E-state index contributed by atoms with van der Waals surface area (Å²) in [6, 6.07) is 0. The van der Waals surface area contributed by atoms with Gasteiger partial charge in [0.15, 0.2) is 0 Å². The van der Waals surface area contributed by atoms with Gasteiger partial charge in [0.25, 0.3) is 0 Å². The molecular weight excluding hydrogens is 314 g/mol. The van der Waals surface area contributed by atoms with Crippen LogP contribution in [0.3, 0.4) is 0 Å². The molecule has 0 saturated heterocycles. The zero-order valence-corrected chi connectivity index (χ0v) is 15.5. The molecule has 3 nitrogen and oxygen atoms in total. The number of nitrogens with zero attached hydrogens (tertiary/aromatic N) is 2. The highest BCUT2D eigenvalue weighted by atomic mass is 79.9. The summed E-state index contributed by atoms with van der Waals surface area (Å²) < 4.78 is 3.32. The molecule has 0 bridgehead atoms. The molecule has 0 amide bonds. The monoisotopic (exact) mass is 343 g/mol. The highest BCUT2D eigenvalue weighted by Gasteiger charge is 2.31. The lowest BCUT2D eigenvalue weighted by Crippen LogP contribution is -2.38. The summed E-state index contributed by atoms with van der Waals surface area (Å²) in [7, 11) is 0. The number of aromatic nitrogens is 2. The van der Waals surface area contributed by atoms with Crippen LogP contribution in [0.15, 0.2) is 4.47 Å². The molecule has 20 heavy (non-hydrogen) atoms. The molecule has 1 aromatic rings. The molecule has 1 rings (SSSR count). The number of nitrogens with one attached hydrogen (secondary N) is 1. The van der Waals surface area contributed by atoms with Gasteiger partial charge in [0, 0.05) is 13.1 Å². The summed E-state index contributed by atoms with van der Waals surface area (Å²) in [6.45, 7) is 16.5. The molecule has 4 heteroatoms. The molecular formula is C16H30BrN3. The van der Waals surface area contributed by atoms with Crippen LogP contribution in [0.4, 0.5) is 0 Å². The van der Waals surface area contributed by atoms with E-state index in [9.17, 15) is 0 Å². The van der Waals surface area contributed by atoms with E-state index < -0.39 is 0 Å². The molecule has 0 fully saturated rings. The van der Waals surface area contributed by atoms with Gasteiger partial charge < -0.3 is 5.32 Å². The second-order valence-corrected chi connectivity index (χ2v) is 7.12. The lowest BCUT2D eigenvalue weighted by molar-refractivity contribution is 0.202. The number of hydrogen-bond donors (Lipinski definition) is 1. The summed E-state index contributed by atoms with van der Waals surface area (Å²) >= 11 is 3.72. The van der Waals surface area contributed by atoms with E-state index in [-0.39, 0.29) is 5.41 Å². The summed E-state index contributed by atoms with van der Waals surface area (Å²) in [5.74, 6) is 0.624. The highest BCUT2D eigenvalue weighted by molar-refractivity contribution is 9.10. The van der Waals surface area contributed by atoms with Crippen molar-refractivity contribution in [2.75, 3.05) is 13.1 Å². The van der Waals surface area contributed by atoms with Crippen LogP contribution < -0.4 is 5.32 Å². The number of hydrogen-bond acceptors (Lipinski definition) is 2. The molecule has 0 saturated carbocycles. The fourth-order valence-corrected chi connectivity index (χ4v) is 2.87. The molecule has 0 spiro atoms. The Hall–Kier alpha value is -0.350. The Morgan fingerprint density at radius 2 is 2.00 bits per heavy atom. The Balaban J connectivity index is 2.95. The Bertz CT molecular complexity index is 426.